The highest BCUT2D eigenvalue weighted by atomic mass is 79.9. The molecule has 0 aromatic carbocycles. The summed E-state index contributed by atoms with van der Waals surface area (Å²) in [6, 6.07) is 0.535. The highest BCUT2D eigenvalue weighted by Gasteiger charge is 2.34. The van der Waals surface area contributed by atoms with Gasteiger partial charge in [0.25, 0.3) is 0 Å². The summed E-state index contributed by atoms with van der Waals surface area (Å²) in [6.45, 7) is 6.13. The molecule has 2 aliphatic rings. The molecule has 0 bridgehead atoms. The minimum Gasteiger partial charge on any atom is -0.377 e. The maximum Gasteiger partial charge on any atom is 0.141 e. The van der Waals surface area contributed by atoms with Gasteiger partial charge in [-0.2, -0.15) is 0 Å². The van der Waals surface area contributed by atoms with Gasteiger partial charge in [0.05, 0.1) is 11.5 Å². The van der Waals surface area contributed by atoms with Crippen LogP contribution in [0.2, 0.25) is 0 Å². The van der Waals surface area contributed by atoms with E-state index in [4.69, 9.17) is 4.74 Å². The second-order valence-corrected chi connectivity index (χ2v) is 8.62. The summed E-state index contributed by atoms with van der Waals surface area (Å²) in [5.41, 5.74) is 0. The Kier molecular flexibility index (Phi) is 5.55. The van der Waals surface area contributed by atoms with Crippen LogP contribution in [0.3, 0.4) is 0 Å². The van der Waals surface area contributed by atoms with Crippen molar-refractivity contribution in [2.75, 3.05) is 31.1 Å². The van der Waals surface area contributed by atoms with Gasteiger partial charge in [-0.3, -0.25) is 0 Å². The minimum atomic E-state index is 0.355. The highest BCUT2D eigenvalue weighted by molar-refractivity contribution is 9.10. The van der Waals surface area contributed by atoms with Crippen LogP contribution in [0.4, 0.5) is 5.82 Å². The van der Waals surface area contributed by atoms with Crippen molar-refractivity contribution in [2.45, 2.75) is 44.8 Å². The van der Waals surface area contributed by atoms with Crippen LogP contribution in [0, 0.1) is 5.92 Å². The van der Waals surface area contributed by atoms with Gasteiger partial charge in [0.1, 0.15) is 17.0 Å². The zero-order valence-electron chi connectivity index (χ0n) is 14.6. The molecule has 25 heavy (non-hydrogen) atoms. The predicted molar refractivity (Wildman–Crippen MR) is 106 cm³/mol. The van der Waals surface area contributed by atoms with Crippen LogP contribution in [0.25, 0.3) is 10.2 Å². The van der Waals surface area contributed by atoms with E-state index >= 15 is 0 Å². The number of thiophene rings is 1. The second kappa shape index (κ2) is 7.86. The van der Waals surface area contributed by atoms with Gasteiger partial charge in [0.15, 0.2) is 0 Å². The largest absolute Gasteiger partial charge is 0.377 e. The molecule has 4 heterocycles. The molecule has 0 radical (unpaired) electrons. The number of halogens is 1. The molecule has 0 aliphatic carbocycles. The van der Waals surface area contributed by atoms with Crippen molar-refractivity contribution in [2.24, 2.45) is 5.92 Å². The van der Waals surface area contributed by atoms with Crippen LogP contribution in [0.5, 0.6) is 0 Å². The summed E-state index contributed by atoms with van der Waals surface area (Å²) in [5, 5.41) is 6.91. The van der Waals surface area contributed by atoms with E-state index < -0.39 is 0 Å². The number of anilines is 1. The summed E-state index contributed by atoms with van der Waals surface area (Å²) in [5.74, 6) is 1.71. The number of aromatic nitrogens is 2. The van der Waals surface area contributed by atoms with E-state index in [1.54, 1.807) is 17.7 Å². The monoisotopic (exact) mass is 424 g/mol. The fourth-order valence-electron chi connectivity index (χ4n) is 4.27. The molecule has 0 saturated carbocycles. The molecule has 136 valence electrons. The van der Waals surface area contributed by atoms with Crippen LogP contribution >= 0.6 is 27.3 Å². The van der Waals surface area contributed by atoms with Crippen molar-refractivity contribution < 1.29 is 4.74 Å². The zero-order valence-corrected chi connectivity index (χ0v) is 17.0. The fourth-order valence-corrected chi connectivity index (χ4v) is 5.81. The predicted octanol–water partition coefficient (Wildman–Crippen LogP) is 3.83. The van der Waals surface area contributed by atoms with Gasteiger partial charge in [0, 0.05) is 35.6 Å². The number of piperidine rings is 1. The third-order valence-electron chi connectivity index (χ3n) is 5.46. The number of rotatable bonds is 5. The molecule has 5 nitrogen and oxygen atoms in total. The lowest BCUT2D eigenvalue weighted by atomic mass is 9.86. The van der Waals surface area contributed by atoms with E-state index in [1.807, 2.05) is 0 Å². The molecular formula is C18H25BrN4OS. The molecule has 2 aromatic heterocycles. The number of nitrogens with one attached hydrogen (secondary N) is 1. The van der Waals surface area contributed by atoms with Crippen LogP contribution in [-0.2, 0) is 4.74 Å². The smallest absolute Gasteiger partial charge is 0.141 e. The van der Waals surface area contributed by atoms with Crippen LogP contribution in [0.1, 0.15) is 32.6 Å². The Morgan fingerprint density at radius 2 is 2.20 bits per heavy atom. The molecule has 2 saturated heterocycles. The van der Waals surface area contributed by atoms with E-state index in [9.17, 15) is 0 Å². The first-order valence-corrected chi connectivity index (χ1v) is 10.9. The van der Waals surface area contributed by atoms with E-state index in [1.165, 1.54) is 12.8 Å². The molecular weight excluding hydrogens is 400 g/mol. The summed E-state index contributed by atoms with van der Waals surface area (Å²) < 4.78 is 7.28. The molecule has 2 unspecified atom stereocenters. The molecule has 0 spiro atoms. The second-order valence-electron chi connectivity index (χ2n) is 6.91. The van der Waals surface area contributed by atoms with E-state index in [0.717, 1.165) is 59.6 Å². The van der Waals surface area contributed by atoms with Crippen LogP contribution in [-0.4, -0.2) is 48.4 Å². The van der Waals surface area contributed by atoms with Crippen molar-refractivity contribution in [3.8, 4) is 0 Å². The van der Waals surface area contributed by atoms with Crippen molar-refractivity contribution in [1.82, 2.24) is 15.3 Å². The molecule has 2 aliphatic heterocycles. The Balaban J connectivity index is 1.47. The van der Waals surface area contributed by atoms with Gasteiger partial charge in [0.2, 0.25) is 0 Å². The van der Waals surface area contributed by atoms with Crippen LogP contribution < -0.4 is 10.2 Å². The lowest BCUT2D eigenvalue weighted by Gasteiger charge is -2.38. The molecule has 1 N–H and O–H groups in total. The van der Waals surface area contributed by atoms with Crippen molar-refractivity contribution in [1.29, 1.82) is 0 Å². The fraction of sp³-hybridized carbons (Fsp3) is 0.667. The molecule has 2 fully saturated rings. The first-order chi connectivity index (χ1) is 12.3. The number of fused-ring (bicyclic) bond motifs is 1. The van der Waals surface area contributed by atoms with Gasteiger partial charge in [-0.1, -0.05) is 0 Å². The van der Waals surface area contributed by atoms with Gasteiger partial charge < -0.3 is 15.0 Å². The highest BCUT2D eigenvalue weighted by Crippen LogP contribution is 2.37. The Bertz CT molecular complexity index is 710. The minimum absolute atomic E-state index is 0.355. The number of hydrogen-bond donors (Lipinski definition) is 1. The lowest BCUT2D eigenvalue weighted by Crippen LogP contribution is -2.46. The third kappa shape index (κ3) is 3.56. The van der Waals surface area contributed by atoms with Crippen molar-refractivity contribution in [3.63, 3.8) is 0 Å². The van der Waals surface area contributed by atoms with E-state index in [2.05, 4.69) is 48.4 Å². The van der Waals surface area contributed by atoms with Gasteiger partial charge in [-0.15, -0.1) is 11.3 Å². The molecule has 4 rings (SSSR count). The summed E-state index contributed by atoms with van der Waals surface area (Å²) in [7, 11) is 0. The average Bonchev–Trinajstić information content (AvgIpc) is 3.30. The summed E-state index contributed by atoms with van der Waals surface area (Å²) >= 11 is 5.33. The van der Waals surface area contributed by atoms with Crippen molar-refractivity contribution >= 4 is 43.3 Å². The van der Waals surface area contributed by atoms with Crippen LogP contribution in [0.15, 0.2) is 16.2 Å². The summed E-state index contributed by atoms with van der Waals surface area (Å²) in [4.78, 5) is 12.5. The maximum atomic E-state index is 6.17. The molecule has 2 atom stereocenters. The Hall–Kier alpha value is -0.760. The van der Waals surface area contributed by atoms with Crippen molar-refractivity contribution in [3.05, 3.63) is 16.2 Å². The Labute approximate surface area is 161 Å². The number of nitrogens with zero attached hydrogens (tertiary/aromatic N) is 3. The zero-order chi connectivity index (χ0) is 17.2. The SMILES string of the molecule is CCOC(C1CCN(c2ncnc3scc(Br)c23)CC1)C1CCCN1. The first-order valence-electron chi connectivity index (χ1n) is 9.25. The lowest BCUT2D eigenvalue weighted by molar-refractivity contribution is -0.00955. The van der Waals surface area contributed by atoms with Gasteiger partial charge in [-0.05, 0) is 61.0 Å². The standard InChI is InChI=1S/C18H25BrN4OS/c1-2-24-16(14-4-3-7-20-14)12-5-8-23(9-6-12)17-15-13(19)10-25-18(15)22-11-21-17/h10-12,14,16,20H,2-9H2,1H3. The normalized spacial score (nSPS) is 23.4. The van der Waals surface area contributed by atoms with E-state index in [-0.39, 0.29) is 0 Å². The summed E-state index contributed by atoms with van der Waals surface area (Å²) in [6.07, 6.45) is 6.90. The average molecular weight is 425 g/mol. The van der Waals surface area contributed by atoms with Gasteiger partial charge in [-0.25, -0.2) is 9.97 Å². The molecule has 7 heteroatoms. The quantitative estimate of drug-likeness (QED) is 0.789. The molecule has 2 aromatic rings. The Morgan fingerprint density at radius 3 is 2.92 bits per heavy atom. The Morgan fingerprint density at radius 1 is 1.36 bits per heavy atom. The number of ether oxygens (including phenoxy) is 1. The first kappa shape index (κ1) is 17.6. The van der Waals surface area contributed by atoms with Gasteiger partial charge >= 0.3 is 0 Å². The molecule has 0 amide bonds. The number of hydrogen-bond acceptors (Lipinski definition) is 6. The third-order valence-corrected chi connectivity index (χ3v) is 7.28. The topological polar surface area (TPSA) is 50.3 Å². The van der Waals surface area contributed by atoms with E-state index in [0.29, 0.717) is 18.1 Å². The maximum absolute atomic E-state index is 6.17.